The highest BCUT2D eigenvalue weighted by molar-refractivity contribution is 7.90. The van der Waals surface area contributed by atoms with Crippen molar-refractivity contribution >= 4 is 22.0 Å². The van der Waals surface area contributed by atoms with E-state index < -0.39 is 33.3 Å². The van der Waals surface area contributed by atoms with E-state index >= 15 is 0 Å². The van der Waals surface area contributed by atoms with Crippen LogP contribution in [-0.2, 0) is 29.1 Å². The van der Waals surface area contributed by atoms with Crippen LogP contribution >= 0.6 is 0 Å². The normalized spacial score (nSPS) is 15.0. The fourth-order valence-corrected chi connectivity index (χ4v) is 2.03. The van der Waals surface area contributed by atoms with Gasteiger partial charge in [-0.05, 0) is 6.92 Å². The molecule has 0 aliphatic carbocycles. The maximum Gasteiger partial charge on any atom is 0.325 e. The van der Waals surface area contributed by atoms with E-state index in [4.69, 9.17) is 5.11 Å². The first kappa shape index (κ1) is 15.8. The van der Waals surface area contributed by atoms with Crippen LogP contribution < -0.4 is 4.72 Å². The van der Waals surface area contributed by atoms with Gasteiger partial charge in [0.15, 0.2) is 5.25 Å². The van der Waals surface area contributed by atoms with Crippen molar-refractivity contribution < 1.29 is 32.6 Å². The Morgan fingerprint density at radius 3 is 2.24 bits per heavy atom. The van der Waals surface area contributed by atoms with Crippen LogP contribution in [0.1, 0.15) is 6.92 Å². The number of ether oxygens (including phenoxy) is 2. The van der Waals surface area contributed by atoms with Gasteiger partial charge in [0.2, 0.25) is 10.0 Å². The second kappa shape index (κ2) is 6.52. The number of carboxylic acids is 1. The predicted molar refractivity (Wildman–Crippen MR) is 56.8 cm³/mol. The standard InChI is InChI=1S/C8H15NO7S/c1-5(8(12)16-3)17(13,14)9-6(4-15-2)7(10)11/h5-6,9H,4H2,1-3H3,(H,10,11). The van der Waals surface area contributed by atoms with Crippen molar-refractivity contribution in [3.63, 3.8) is 0 Å². The zero-order chi connectivity index (χ0) is 13.6. The number of sulfonamides is 1. The molecule has 17 heavy (non-hydrogen) atoms. The fourth-order valence-electron chi connectivity index (χ4n) is 0.915. The Labute approximate surface area is 98.9 Å². The smallest absolute Gasteiger partial charge is 0.325 e. The highest BCUT2D eigenvalue weighted by Crippen LogP contribution is 2.02. The summed E-state index contributed by atoms with van der Waals surface area (Å²) in [5, 5.41) is 7.23. The number of aliphatic carboxylic acids is 1. The lowest BCUT2D eigenvalue weighted by atomic mass is 10.3. The second-order valence-electron chi connectivity index (χ2n) is 3.17. The van der Waals surface area contributed by atoms with Gasteiger partial charge in [-0.3, -0.25) is 9.59 Å². The van der Waals surface area contributed by atoms with E-state index in [2.05, 4.69) is 9.47 Å². The third-order valence-corrected chi connectivity index (χ3v) is 3.67. The summed E-state index contributed by atoms with van der Waals surface area (Å²) in [7, 11) is -1.85. The third-order valence-electron chi connectivity index (χ3n) is 1.94. The van der Waals surface area contributed by atoms with Crippen molar-refractivity contribution in [2.75, 3.05) is 20.8 Å². The second-order valence-corrected chi connectivity index (χ2v) is 5.21. The van der Waals surface area contributed by atoms with Gasteiger partial charge in [0, 0.05) is 7.11 Å². The van der Waals surface area contributed by atoms with Crippen molar-refractivity contribution in [1.82, 2.24) is 4.72 Å². The highest BCUT2D eigenvalue weighted by atomic mass is 32.2. The fraction of sp³-hybridized carbons (Fsp3) is 0.750. The number of hydrogen-bond donors (Lipinski definition) is 2. The molecule has 2 atom stereocenters. The summed E-state index contributed by atoms with van der Waals surface area (Å²) >= 11 is 0. The van der Waals surface area contributed by atoms with E-state index in [0.29, 0.717) is 0 Å². The molecule has 0 saturated carbocycles. The number of carbonyl (C=O) groups is 2. The van der Waals surface area contributed by atoms with Gasteiger partial charge in [0.25, 0.3) is 0 Å². The first-order valence-electron chi connectivity index (χ1n) is 4.57. The molecule has 0 saturated heterocycles. The molecule has 9 heteroatoms. The molecule has 0 aromatic carbocycles. The zero-order valence-corrected chi connectivity index (χ0v) is 10.5. The van der Waals surface area contributed by atoms with Crippen LogP contribution in [0.4, 0.5) is 0 Å². The van der Waals surface area contributed by atoms with Gasteiger partial charge in [0.05, 0.1) is 13.7 Å². The molecule has 2 N–H and O–H groups in total. The summed E-state index contributed by atoms with van der Waals surface area (Å²) in [6.45, 7) is 0.752. The van der Waals surface area contributed by atoms with Crippen LogP contribution in [-0.4, -0.2) is 57.6 Å². The van der Waals surface area contributed by atoms with E-state index in [9.17, 15) is 18.0 Å². The molecular weight excluding hydrogens is 254 g/mol. The van der Waals surface area contributed by atoms with E-state index in [0.717, 1.165) is 14.0 Å². The molecule has 0 rings (SSSR count). The summed E-state index contributed by atoms with van der Waals surface area (Å²) in [6.07, 6.45) is 0. The number of carboxylic acid groups (broad SMARTS) is 1. The van der Waals surface area contributed by atoms with Crippen molar-refractivity contribution in [2.24, 2.45) is 0 Å². The largest absolute Gasteiger partial charge is 0.480 e. The number of esters is 1. The molecule has 0 heterocycles. The molecule has 0 spiro atoms. The molecule has 0 fully saturated rings. The Kier molecular flexibility index (Phi) is 6.07. The van der Waals surface area contributed by atoms with Crippen LogP contribution in [0, 0.1) is 0 Å². The average Bonchev–Trinajstić information content (AvgIpc) is 2.26. The topological polar surface area (TPSA) is 119 Å². The van der Waals surface area contributed by atoms with Gasteiger partial charge in [-0.2, -0.15) is 4.72 Å². The van der Waals surface area contributed by atoms with E-state index in [1.54, 1.807) is 0 Å². The molecule has 2 unspecified atom stereocenters. The van der Waals surface area contributed by atoms with Crippen LogP contribution in [0.15, 0.2) is 0 Å². The first-order chi connectivity index (χ1) is 7.76. The van der Waals surface area contributed by atoms with Gasteiger partial charge in [-0.15, -0.1) is 0 Å². The minimum absolute atomic E-state index is 0.345. The molecule has 0 aromatic rings. The van der Waals surface area contributed by atoms with E-state index in [1.807, 2.05) is 4.72 Å². The number of rotatable bonds is 7. The molecule has 0 radical (unpaired) electrons. The SMILES string of the molecule is COCC(NS(=O)(=O)C(C)C(=O)OC)C(=O)O. The van der Waals surface area contributed by atoms with Crippen molar-refractivity contribution in [2.45, 2.75) is 18.2 Å². The van der Waals surface area contributed by atoms with Gasteiger partial charge >= 0.3 is 11.9 Å². The highest BCUT2D eigenvalue weighted by Gasteiger charge is 2.33. The van der Waals surface area contributed by atoms with Crippen molar-refractivity contribution in [3.8, 4) is 0 Å². The first-order valence-corrected chi connectivity index (χ1v) is 6.11. The van der Waals surface area contributed by atoms with Crippen molar-refractivity contribution in [1.29, 1.82) is 0 Å². The molecular formula is C8H15NO7S. The zero-order valence-electron chi connectivity index (χ0n) is 9.67. The monoisotopic (exact) mass is 269 g/mol. The van der Waals surface area contributed by atoms with Crippen LogP contribution in [0.25, 0.3) is 0 Å². The minimum atomic E-state index is -4.12. The maximum atomic E-state index is 11.6. The summed E-state index contributed by atoms with van der Waals surface area (Å²) in [6, 6.07) is -1.45. The molecule has 8 nitrogen and oxygen atoms in total. The maximum absolute atomic E-state index is 11.6. The Morgan fingerprint density at radius 2 is 1.88 bits per heavy atom. The van der Waals surface area contributed by atoms with Gasteiger partial charge in [-0.1, -0.05) is 0 Å². The van der Waals surface area contributed by atoms with Crippen LogP contribution in [0.3, 0.4) is 0 Å². The summed E-state index contributed by atoms with van der Waals surface area (Å²) < 4.78 is 33.9. The minimum Gasteiger partial charge on any atom is -0.480 e. The molecule has 0 bridgehead atoms. The number of carbonyl (C=O) groups excluding carboxylic acids is 1. The van der Waals surface area contributed by atoms with E-state index in [1.165, 1.54) is 7.11 Å². The number of nitrogens with one attached hydrogen (secondary N) is 1. The molecule has 100 valence electrons. The average molecular weight is 269 g/mol. The predicted octanol–water partition coefficient (Wildman–Crippen LogP) is -1.43. The Balaban J connectivity index is 4.83. The van der Waals surface area contributed by atoms with Gasteiger partial charge < -0.3 is 14.6 Å². The van der Waals surface area contributed by atoms with Gasteiger partial charge in [0.1, 0.15) is 6.04 Å². The molecule has 0 amide bonds. The Morgan fingerprint density at radius 1 is 1.35 bits per heavy atom. The molecule has 0 aliphatic heterocycles. The Bertz CT molecular complexity index is 377. The van der Waals surface area contributed by atoms with Crippen LogP contribution in [0.5, 0.6) is 0 Å². The number of methoxy groups -OCH3 is 2. The van der Waals surface area contributed by atoms with Gasteiger partial charge in [-0.25, -0.2) is 8.42 Å². The lowest BCUT2D eigenvalue weighted by molar-refractivity contribution is -0.141. The lowest BCUT2D eigenvalue weighted by Crippen LogP contribution is -2.48. The third kappa shape index (κ3) is 4.67. The molecule has 0 aromatic heterocycles. The lowest BCUT2D eigenvalue weighted by Gasteiger charge is -2.16. The van der Waals surface area contributed by atoms with Crippen LogP contribution in [0.2, 0.25) is 0 Å². The quantitative estimate of drug-likeness (QED) is 0.543. The van der Waals surface area contributed by atoms with E-state index in [-0.39, 0.29) is 6.61 Å². The summed E-state index contributed by atoms with van der Waals surface area (Å²) in [5.41, 5.74) is 0. The van der Waals surface area contributed by atoms with Crippen molar-refractivity contribution in [3.05, 3.63) is 0 Å². The Hall–Kier alpha value is -1.19. The summed E-state index contributed by atoms with van der Waals surface area (Å²) in [4.78, 5) is 21.8. The molecule has 0 aliphatic rings. The summed E-state index contributed by atoms with van der Waals surface area (Å²) in [5.74, 6) is -2.37. The number of hydrogen-bond acceptors (Lipinski definition) is 6.